The third kappa shape index (κ3) is 8.79. The molecule has 0 spiro atoms. The predicted molar refractivity (Wildman–Crippen MR) is 182 cm³/mol. The lowest BCUT2D eigenvalue weighted by Crippen LogP contribution is -2.50. The first-order valence-corrected chi connectivity index (χ1v) is 18.9. The van der Waals surface area contributed by atoms with Gasteiger partial charge in [0.15, 0.2) is 8.32 Å². The molecule has 3 heterocycles. The van der Waals surface area contributed by atoms with E-state index in [2.05, 4.69) is 49.1 Å². The monoisotopic (exact) mass is 630 g/mol. The van der Waals surface area contributed by atoms with Crippen molar-refractivity contribution in [1.29, 1.82) is 0 Å². The van der Waals surface area contributed by atoms with Gasteiger partial charge in [-0.15, -0.1) is 0 Å². The minimum Gasteiger partial charge on any atom is -0.444 e. The number of rotatable bonds is 9. The van der Waals surface area contributed by atoms with E-state index in [9.17, 15) is 9.59 Å². The molecule has 0 unspecified atom stereocenters. The van der Waals surface area contributed by atoms with Gasteiger partial charge >= 0.3 is 6.09 Å². The highest BCUT2D eigenvalue weighted by molar-refractivity contribution is 6.74. The molecule has 1 fully saturated rings. The lowest BCUT2D eigenvalue weighted by molar-refractivity contribution is -0.117. The van der Waals surface area contributed by atoms with Crippen LogP contribution in [0.4, 0.5) is 10.5 Å². The van der Waals surface area contributed by atoms with Crippen LogP contribution in [0.3, 0.4) is 0 Å². The first-order chi connectivity index (χ1) is 21.1. The Labute approximate surface area is 270 Å². The average molecular weight is 631 g/mol. The number of amides is 2. The second-order valence-electron chi connectivity index (χ2n) is 14.6. The van der Waals surface area contributed by atoms with Gasteiger partial charge in [-0.1, -0.05) is 45.0 Å². The van der Waals surface area contributed by atoms with Crippen molar-refractivity contribution < 1.29 is 18.8 Å². The SMILES string of the molecule is C[C@H](C(=O)Nc1ccc(C[C@@H]2CC[C@H]([C@H](O[Si](C)(C)C(C)(C)C)c3cccnc3)N2C(=O)OC(C)(C)C)cc1)c1ccccn1. The van der Waals surface area contributed by atoms with E-state index in [0.717, 1.165) is 35.3 Å². The Bertz CT molecular complexity index is 1420. The van der Waals surface area contributed by atoms with Crippen molar-refractivity contribution in [2.75, 3.05) is 5.32 Å². The average Bonchev–Trinajstić information content (AvgIpc) is 3.39. The van der Waals surface area contributed by atoms with Crippen LogP contribution >= 0.6 is 0 Å². The molecule has 0 aliphatic carbocycles. The molecule has 1 aromatic carbocycles. The van der Waals surface area contributed by atoms with E-state index in [-0.39, 0.29) is 41.1 Å². The zero-order valence-electron chi connectivity index (χ0n) is 28.3. The molecular weight excluding hydrogens is 581 g/mol. The summed E-state index contributed by atoms with van der Waals surface area (Å²) < 4.78 is 13.1. The second-order valence-corrected chi connectivity index (χ2v) is 19.4. The zero-order valence-corrected chi connectivity index (χ0v) is 29.3. The normalized spacial score (nSPS) is 18.7. The molecule has 1 N–H and O–H groups in total. The van der Waals surface area contributed by atoms with Crippen LogP contribution < -0.4 is 5.32 Å². The Morgan fingerprint density at radius 1 is 0.978 bits per heavy atom. The fraction of sp³-hybridized carbons (Fsp3) is 0.500. The van der Waals surface area contributed by atoms with Gasteiger partial charge in [-0.25, -0.2) is 4.79 Å². The molecular formula is C36H50N4O4Si. The molecule has 8 nitrogen and oxygen atoms in total. The summed E-state index contributed by atoms with van der Waals surface area (Å²) in [7, 11) is -2.22. The predicted octanol–water partition coefficient (Wildman–Crippen LogP) is 8.29. The van der Waals surface area contributed by atoms with E-state index in [0.29, 0.717) is 6.42 Å². The first kappa shape index (κ1) is 34.3. The van der Waals surface area contributed by atoms with Gasteiger partial charge in [0.1, 0.15) is 5.60 Å². The number of ether oxygens (including phenoxy) is 1. The van der Waals surface area contributed by atoms with Crippen molar-refractivity contribution in [3.05, 3.63) is 90.0 Å². The number of hydrogen-bond acceptors (Lipinski definition) is 6. The highest BCUT2D eigenvalue weighted by Crippen LogP contribution is 2.44. The Morgan fingerprint density at radius 3 is 2.27 bits per heavy atom. The minimum absolute atomic E-state index is 0.00518. The fourth-order valence-corrected chi connectivity index (χ4v) is 6.71. The Kier molecular flexibility index (Phi) is 10.5. The number of carbonyl (C=O) groups excluding carboxylic acids is 2. The van der Waals surface area contributed by atoms with Gasteiger partial charge in [-0.05, 0) is 107 Å². The van der Waals surface area contributed by atoms with E-state index >= 15 is 0 Å². The van der Waals surface area contributed by atoms with Gasteiger partial charge in [0.2, 0.25) is 5.91 Å². The van der Waals surface area contributed by atoms with Crippen molar-refractivity contribution in [1.82, 2.24) is 14.9 Å². The molecule has 0 saturated carbocycles. The molecule has 0 radical (unpaired) electrons. The molecule has 4 rings (SSSR count). The maximum absolute atomic E-state index is 13.9. The summed E-state index contributed by atoms with van der Waals surface area (Å²) in [4.78, 5) is 37.4. The Hall–Kier alpha value is -3.56. The maximum Gasteiger partial charge on any atom is 0.410 e. The summed E-state index contributed by atoms with van der Waals surface area (Å²) in [6.45, 7) is 18.7. The summed E-state index contributed by atoms with van der Waals surface area (Å²) in [6.07, 6.45) is 6.95. The summed E-state index contributed by atoms with van der Waals surface area (Å²) in [5.41, 5.74) is 2.87. The molecule has 1 saturated heterocycles. The number of benzene rings is 1. The minimum atomic E-state index is -2.22. The van der Waals surface area contributed by atoms with Gasteiger partial charge < -0.3 is 14.5 Å². The number of likely N-dealkylation sites (tertiary alicyclic amines) is 1. The lowest BCUT2D eigenvalue weighted by atomic mass is 10.0. The smallest absolute Gasteiger partial charge is 0.410 e. The summed E-state index contributed by atoms with van der Waals surface area (Å²) in [5.74, 6) is -0.482. The quantitative estimate of drug-likeness (QED) is 0.239. The number of anilines is 1. The van der Waals surface area contributed by atoms with Crippen LogP contribution in [0.2, 0.25) is 18.1 Å². The van der Waals surface area contributed by atoms with Crippen LogP contribution in [0.1, 0.15) is 90.2 Å². The molecule has 2 aromatic heterocycles. The van der Waals surface area contributed by atoms with Gasteiger partial charge in [-0.2, -0.15) is 0 Å². The van der Waals surface area contributed by atoms with Crippen molar-refractivity contribution in [2.45, 2.75) is 116 Å². The van der Waals surface area contributed by atoms with Crippen LogP contribution in [0.25, 0.3) is 0 Å². The molecule has 3 aromatic rings. The van der Waals surface area contributed by atoms with Gasteiger partial charge in [0, 0.05) is 30.3 Å². The molecule has 1 aliphatic rings. The molecule has 45 heavy (non-hydrogen) atoms. The van der Waals surface area contributed by atoms with Crippen LogP contribution in [-0.2, 0) is 20.4 Å². The topological polar surface area (TPSA) is 93.7 Å². The van der Waals surface area contributed by atoms with Crippen LogP contribution in [0.15, 0.2) is 73.2 Å². The molecule has 1 aliphatic heterocycles. The highest BCUT2D eigenvalue weighted by Gasteiger charge is 2.47. The van der Waals surface area contributed by atoms with Gasteiger partial charge in [-0.3, -0.25) is 19.7 Å². The summed E-state index contributed by atoms with van der Waals surface area (Å²) in [6, 6.07) is 17.2. The third-order valence-corrected chi connectivity index (χ3v) is 13.4. The third-order valence-electron chi connectivity index (χ3n) is 8.96. The van der Waals surface area contributed by atoms with E-state index in [1.165, 1.54) is 0 Å². The lowest BCUT2D eigenvalue weighted by Gasteiger charge is -2.43. The summed E-state index contributed by atoms with van der Waals surface area (Å²) >= 11 is 0. The number of nitrogens with one attached hydrogen (secondary N) is 1. The van der Waals surface area contributed by atoms with Gasteiger partial charge in [0.25, 0.3) is 0 Å². The Morgan fingerprint density at radius 2 is 1.69 bits per heavy atom. The van der Waals surface area contributed by atoms with E-state index in [1.807, 2.05) is 93.4 Å². The molecule has 9 heteroatoms. The molecule has 2 amide bonds. The number of carbonyl (C=O) groups is 2. The number of hydrogen-bond donors (Lipinski definition) is 1. The van der Waals surface area contributed by atoms with Crippen LogP contribution in [-0.4, -0.2) is 52.9 Å². The zero-order chi connectivity index (χ0) is 33.0. The van der Waals surface area contributed by atoms with Crippen LogP contribution in [0.5, 0.6) is 0 Å². The summed E-state index contributed by atoms with van der Waals surface area (Å²) in [5, 5.41) is 3.00. The van der Waals surface area contributed by atoms with Gasteiger partial charge in [0.05, 0.1) is 23.8 Å². The number of aromatic nitrogens is 2. The van der Waals surface area contributed by atoms with Crippen molar-refractivity contribution in [3.63, 3.8) is 0 Å². The van der Waals surface area contributed by atoms with Crippen LogP contribution in [0, 0.1) is 0 Å². The molecule has 4 atom stereocenters. The number of nitrogens with zero attached hydrogens (tertiary/aromatic N) is 3. The van der Waals surface area contributed by atoms with Crippen molar-refractivity contribution >= 4 is 26.0 Å². The Balaban J connectivity index is 1.57. The molecule has 242 valence electrons. The second kappa shape index (κ2) is 13.8. The standard InChI is InChI=1S/C36H50N4O4Si/c1-25(30-14-10-11-22-38-30)33(41)39-28-17-15-26(16-18-28)23-29-19-20-31(40(29)34(42)43-35(2,3)4)32(27-13-12-21-37-24-27)44-45(8,9)36(5,6)7/h10-18,21-22,24-25,29,31-32H,19-20,23H2,1-9H3,(H,39,41)/t25-,29-,31+,32+/m0/s1. The van der Waals surface area contributed by atoms with E-state index in [1.54, 1.807) is 12.4 Å². The highest BCUT2D eigenvalue weighted by atomic mass is 28.4. The van der Waals surface area contributed by atoms with Crippen molar-refractivity contribution in [2.24, 2.45) is 0 Å². The molecule has 0 bridgehead atoms. The largest absolute Gasteiger partial charge is 0.444 e. The first-order valence-electron chi connectivity index (χ1n) is 16.0. The fourth-order valence-electron chi connectivity index (χ4n) is 5.43. The van der Waals surface area contributed by atoms with Crippen molar-refractivity contribution in [3.8, 4) is 0 Å². The van der Waals surface area contributed by atoms with E-state index in [4.69, 9.17) is 9.16 Å². The number of pyridine rings is 2. The maximum atomic E-state index is 13.9. The van der Waals surface area contributed by atoms with E-state index < -0.39 is 13.9 Å².